The molecule has 1 fully saturated rings. The lowest BCUT2D eigenvalue weighted by atomic mass is 10.3. The molecule has 0 spiro atoms. The van der Waals surface area contributed by atoms with Crippen LogP contribution in [0.5, 0.6) is 0 Å². The smallest absolute Gasteiger partial charge is 0.243 e. The van der Waals surface area contributed by atoms with Crippen molar-refractivity contribution in [3.8, 4) is 0 Å². The number of sulfonamides is 1. The molecule has 106 valence electrons. The zero-order chi connectivity index (χ0) is 14.0. The minimum Gasteiger partial charge on any atom is -0.371 e. The van der Waals surface area contributed by atoms with Crippen LogP contribution in [0.3, 0.4) is 0 Å². The highest BCUT2D eigenvalue weighted by Crippen LogP contribution is 2.21. The van der Waals surface area contributed by atoms with Gasteiger partial charge in [-0.3, -0.25) is 0 Å². The summed E-state index contributed by atoms with van der Waals surface area (Å²) in [5, 5.41) is 0. The predicted molar refractivity (Wildman–Crippen MR) is 70.2 cm³/mol. The normalized spacial score (nSPS) is 25.4. The monoisotopic (exact) mass is 307 g/mol. The third-order valence-corrected chi connectivity index (χ3v) is 5.11. The maximum absolute atomic E-state index is 12.8. The Morgan fingerprint density at radius 2 is 2.00 bits per heavy atom. The van der Waals surface area contributed by atoms with Crippen LogP contribution < -0.4 is 0 Å². The molecule has 0 N–H and O–H groups in total. The quantitative estimate of drug-likeness (QED) is 0.801. The van der Waals surface area contributed by atoms with E-state index in [1.165, 1.54) is 16.4 Å². The zero-order valence-electron chi connectivity index (χ0n) is 10.4. The lowest BCUT2D eigenvalue weighted by Crippen LogP contribution is -2.49. The van der Waals surface area contributed by atoms with Gasteiger partial charge in [-0.25, -0.2) is 12.8 Å². The van der Waals surface area contributed by atoms with Gasteiger partial charge in [0.25, 0.3) is 0 Å². The van der Waals surface area contributed by atoms with E-state index in [2.05, 4.69) is 0 Å². The topological polar surface area (TPSA) is 46.6 Å². The molecule has 1 aliphatic heterocycles. The summed E-state index contributed by atoms with van der Waals surface area (Å²) in [5.41, 5.74) is 0. The van der Waals surface area contributed by atoms with Crippen molar-refractivity contribution in [1.29, 1.82) is 0 Å². The van der Waals surface area contributed by atoms with Crippen LogP contribution in [-0.2, 0) is 14.8 Å². The molecule has 2 atom stereocenters. The van der Waals surface area contributed by atoms with Gasteiger partial charge >= 0.3 is 0 Å². The van der Waals surface area contributed by atoms with Crippen molar-refractivity contribution >= 4 is 21.6 Å². The van der Waals surface area contributed by atoms with Crippen LogP contribution >= 0.6 is 11.6 Å². The molecule has 7 heteroatoms. The van der Waals surface area contributed by atoms with E-state index in [9.17, 15) is 12.8 Å². The molecule has 0 saturated carbocycles. The van der Waals surface area contributed by atoms with Gasteiger partial charge in [0.2, 0.25) is 10.0 Å². The Bertz CT molecular complexity index is 534. The molecule has 1 aromatic carbocycles. The second kappa shape index (κ2) is 5.75. The number of ether oxygens (including phenoxy) is 1. The van der Waals surface area contributed by atoms with E-state index in [1.54, 1.807) is 6.92 Å². The second-order valence-electron chi connectivity index (χ2n) is 4.50. The van der Waals surface area contributed by atoms with Gasteiger partial charge in [-0.1, -0.05) is 0 Å². The predicted octanol–water partition coefficient (Wildman–Crippen LogP) is 1.84. The van der Waals surface area contributed by atoms with Crippen LogP contribution in [0.4, 0.5) is 4.39 Å². The fourth-order valence-corrected chi connectivity index (χ4v) is 3.76. The van der Waals surface area contributed by atoms with Crippen molar-refractivity contribution in [3.63, 3.8) is 0 Å². The number of halogens is 2. The van der Waals surface area contributed by atoms with Crippen molar-refractivity contribution < 1.29 is 17.5 Å². The van der Waals surface area contributed by atoms with E-state index in [1.807, 2.05) is 0 Å². The molecule has 1 aliphatic rings. The average molecular weight is 308 g/mol. The van der Waals surface area contributed by atoms with Crippen LogP contribution in [0.15, 0.2) is 29.2 Å². The first-order valence-electron chi connectivity index (χ1n) is 5.90. The first-order valence-corrected chi connectivity index (χ1v) is 7.88. The van der Waals surface area contributed by atoms with Crippen LogP contribution in [0.25, 0.3) is 0 Å². The first kappa shape index (κ1) is 14.7. The van der Waals surface area contributed by atoms with Gasteiger partial charge in [0.05, 0.1) is 17.1 Å². The summed E-state index contributed by atoms with van der Waals surface area (Å²) in [6, 6.07) is 4.80. The molecular formula is C12H15ClFNO3S. The maximum Gasteiger partial charge on any atom is 0.243 e. The third kappa shape index (κ3) is 3.25. The Hall–Kier alpha value is -0.690. The molecule has 1 heterocycles. The zero-order valence-corrected chi connectivity index (χ0v) is 12.0. The molecule has 1 saturated heterocycles. The van der Waals surface area contributed by atoms with E-state index >= 15 is 0 Å². The van der Waals surface area contributed by atoms with Gasteiger partial charge in [0.1, 0.15) is 5.82 Å². The van der Waals surface area contributed by atoms with Crippen LogP contribution in [0, 0.1) is 5.82 Å². The summed E-state index contributed by atoms with van der Waals surface area (Å²) in [6.07, 6.45) is -0.534. The molecule has 2 unspecified atom stereocenters. The molecular weight excluding hydrogens is 293 g/mol. The minimum absolute atomic E-state index is 0.0799. The van der Waals surface area contributed by atoms with Gasteiger partial charge in [-0.2, -0.15) is 4.31 Å². The molecule has 0 radical (unpaired) electrons. The number of hydrogen-bond donors (Lipinski definition) is 0. The lowest BCUT2D eigenvalue weighted by Gasteiger charge is -2.35. The van der Waals surface area contributed by atoms with Crippen molar-refractivity contribution in [3.05, 3.63) is 30.1 Å². The molecule has 4 nitrogen and oxygen atoms in total. The van der Waals surface area contributed by atoms with Crippen LogP contribution in [0.1, 0.15) is 6.92 Å². The Morgan fingerprint density at radius 1 is 1.37 bits per heavy atom. The van der Waals surface area contributed by atoms with Crippen molar-refractivity contribution in [1.82, 2.24) is 4.31 Å². The Kier molecular flexibility index (Phi) is 4.45. The Balaban J connectivity index is 2.26. The van der Waals surface area contributed by atoms with Gasteiger partial charge in [-0.15, -0.1) is 11.6 Å². The van der Waals surface area contributed by atoms with Crippen molar-refractivity contribution in [2.45, 2.75) is 24.0 Å². The summed E-state index contributed by atoms with van der Waals surface area (Å²) in [7, 11) is -3.63. The van der Waals surface area contributed by atoms with Gasteiger partial charge in [-0.05, 0) is 31.2 Å². The highest BCUT2D eigenvalue weighted by Gasteiger charge is 2.33. The molecule has 0 amide bonds. The summed E-state index contributed by atoms with van der Waals surface area (Å²) < 4.78 is 44.5. The number of nitrogens with zero attached hydrogens (tertiary/aromatic N) is 1. The van der Waals surface area contributed by atoms with Gasteiger partial charge < -0.3 is 4.74 Å². The third-order valence-electron chi connectivity index (χ3n) is 2.92. The fourth-order valence-electron chi connectivity index (χ4n) is 2.04. The number of rotatable bonds is 3. The molecule has 0 bridgehead atoms. The lowest BCUT2D eigenvalue weighted by molar-refractivity contribution is -0.0423. The summed E-state index contributed by atoms with van der Waals surface area (Å²) in [4.78, 5) is 0.0799. The van der Waals surface area contributed by atoms with Gasteiger partial charge in [0.15, 0.2) is 0 Å². The van der Waals surface area contributed by atoms with E-state index in [-0.39, 0.29) is 36.1 Å². The molecule has 1 aromatic rings. The summed E-state index contributed by atoms with van der Waals surface area (Å²) in [6.45, 7) is 2.28. The van der Waals surface area contributed by atoms with E-state index in [4.69, 9.17) is 16.3 Å². The Morgan fingerprint density at radius 3 is 2.58 bits per heavy atom. The maximum atomic E-state index is 12.8. The molecule has 0 aromatic heterocycles. The first-order chi connectivity index (χ1) is 8.93. The fraction of sp³-hybridized carbons (Fsp3) is 0.500. The number of benzene rings is 1. The van der Waals surface area contributed by atoms with E-state index in [0.29, 0.717) is 0 Å². The molecule has 2 rings (SSSR count). The second-order valence-corrected chi connectivity index (χ2v) is 6.75. The van der Waals surface area contributed by atoms with E-state index < -0.39 is 15.8 Å². The van der Waals surface area contributed by atoms with Crippen LogP contribution in [0.2, 0.25) is 0 Å². The van der Waals surface area contributed by atoms with Crippen LogP contribution in [-0.4, -0.2) is 43.9 Å². The van der Waals surface area contributed by atoms with E-state index in [0.717, 1.165) is 12.1 Å². The summed E-state index contributed by atoms with van der Waals surface area (Å²) in [5.74, 6) is -0.229. The number of hydrogen-bond acceptors (Lipinski definition) is 3. The molecule has 19 heavy (non-hydrogen) atoms. The minimum atomic E-state index is -3.63. The summed E-state index contributed by atoms with van der Waals surface area (Å²) >= 11 is 5.73. The van der Waals surface area contributed by atoms with Gasteiger partial charge in [0, 0.05) is 19.0 Å². The van der Waals surface area contributed by atoms with Crippen molar-refractivity contribution in [2.24, 2.45) is 0 Å². The average Bonchev–Trinajstić information content (AvgIpc) is 2.38. The Labute approximate surface area is 117 Å². The number of morpholine rings is 1. The highest BCUT2D eigenvalue weighted by atomic mass is 35.5. The standard InChI is InChI=1S/C12H15ClFNO3S/c1-9-7-15(8-11(6-13)18-9)19(16,17)12-4-2-10(14)3-5-12/h2-5,9,11H,6-8H2,1H3. The number of alkyl halides is 1. The largest absolute Gasteiger partial charge is 0.371 e. The van der Waals surface area contributed by atoms with Crippen molar-refractivity contribution in [2.75, 3.05) is 19.0 Å². The highest BCUT2D eigenvalue weighted by molar-refractivity contribution is 7.89. The molecule has 0 aliphatic carbocycles. The SMILES string of the molecule is CC1CN(S(=O)(=O)c2ccc(F)cc2)CC(CCl)O1.